The van der Waals surface area contributed by atoms with Gasteiger partial charge in [-0.15, -0.1) is 0 Å². The molecule has 3 atom stereocenters. The third-order valence-electron chi connectivity index (χ3n) is 6.77. The van der Waals surface area contributed by atoms with E-state index in [0.717, 1.165) is 24.6 Å². The molecule has 32 heavy (non-hydrogen) atoms. The van der Waals surface area contributed by atoms with Crippen LogP contribution in [0.25, 0.3) is 0 Å². The number of carbonyl (C=O) groups is 2. The van der Waals surface area contributed by atoms with Crippen molar-refractivity contribution < 1.29 is 32.2 Å². The largest absolute Gasteiger partial charge is 0.457 e. The molecule has 0 spiro atoms. The third kappa shape index (κ3) is 5.82. The SMILES string of the molecule is CC(C)CC(=O)OCOc1ccc2c(c1)[C@]13CCCC[C@@H]1[C@H](C2)NCC3.O=CC(F)(F)F. The van der Waals surface area contributed by atoms with E-state index in [4.69, 9.17) is 14.3 Å². The van der Waals surface area contributed by atoms with Gasteiger partial charge in [0.1, 0.15) is 5.75 Å². The van der Waals surface area contributed by atoms with Gasteiger partial charge in [-0.3, -0.25) is 9.59 Å². The Balaban J connectivity index is 0.000000427. The molecule has 5 nitrogen and oxygen atoms in total. The molecule has 1 N–H and O–H groups in total. The fourth-order valence-electron chi connectivity index (χ4n) is 5.55. The van der Waals surface area contributed by atoms with E-state index in [-0.39, 0.29) is 12.8 Å². The van der Waals surface area contributed by atoms with Crippen LogP contribution in [0.4, 0.5) is 13.2 Å². The van der Waals surface area contributed by atoms with Gasteiger partial charge in [0.2, 0.25) is 13.1 Å². The van der Waals surface area contributed by atoms with E-state index in [1.54, 1.807) is 0 Å². The Bertz CT molecular complexity index is 807. The van der Waals surface area contributed by atoms with Gasteiger partial charge in [-0.25, -0.2) is 0 Å². The zero-order valence-corrected chi connectivity index (χ0v) is 18.7. The number of fused-ring (bicyclic) bond motifs is 1. The van der Waals surface area contributed by atoms with Crippen LogP contribution in [0.3, 0.4) is 0 Å². The summed E-state index contributed by atoms with van der Waals surface area (Å²) in [7, 11) is 0. The number of rotatable bonds is 5. The monoisotopic (exact) mass is 455 g/mol. The number of alkyl halides is 3. The highest BCUT2D eigenvalue weighted by Crippen LogP contribution is 2.54. The molecular formula is C24H32F3NO4. The molecule has 1 aliphatic heterocycles. The number of aldehydes is 1. The Labute approximate surface area is 187 Å². The zero-order chi connectivity index (χ0) is 23.4. The van der Waals surface area contributed by atoms with Crippen molar-refractivity contribution in [1.29, 1.82) is 0 Å². The zero-order valence-electron chi connectivity index (χ0n) is 18.7. The second-order valence-electron chi connectivity index (χ2n) is 9.38. The Kier molecular flexibility index (Phi) is 7.85. The van der Waals surface area contributed by atoms with Gasteiger partial charge in [0.15, 0.2) is 0 Å². The average Bonchev–Trinajstić information content (AvgIpc) is 2.73. The summed E-state index contributed by atoms with van der Waals surface area (Å²) in [6, 6.07) is 7.14. The number of ether oxygens (including phenoxy) is 2. The van der Waals surface area contributed by atoms with E-state index >= 15 is 0 Å². The normalized spacial score (nSPS) is 26.2. The lowest BCUT2D eigenvalue weighted by molar-refractivity contribution is -0.156. The number of hydrogen-bond donors (Lipinski definition) is 1. The second-order valence-corrected chi connectivity index (χ2v) is 9.38. The van der Waals surface area contributed by atoms with Crippen molar-refractivity contribution in [3.63, 3.8) is 0 Å². The predicted molar refractivity (Wildman–Crippen MR) is 113 cm³/mol. The van der Waals surface area contributed by atoms with Crippen molar-refractivity contribution >= 4 is 12.3 Å². The average molecular weight is 456 g/mol. The first kappa shape index (κ1) is 24.6. The molecule has 2 fully saturated rings. The van der Waals surface area contributed by atoms with E-state index in [1.165, 1.54) is 43.2 Å². The Morgan fingerprint density at radius 1 is 1.28 bits per heavy atom. The van der Waals surface area contributed by atoms with Crippen molar-refractivity contribution in [2.45, 2.75) is 76.4 Å². The van der Waals surface area contributed by atoms with Crippen molar-refractivity contribution in [3.05, 3.63) is 29.3 Å². The van der Waals surface area contributed by atoms with Crippen LogP contribution in [0.5, 0.6) is 5.75 Å². The molecule has 0 aromatic heterocycles. The van der Waals surface area contributed by atoms with E-state index in [1.807, 2.05) is 19.9 Å². The highest BCUT2D eigenvalue weighted by molar-refractivity contribution is 5.69. The summed E-state index contributed by atoms with van der Waals surface area (Å²) < 4.78 is 42.2. The van der Waals surface area contributed by atoms with E-state index in [9.17, 15) is 18.0 Å². The van der Waals surface area contributed by atoms with Crippen LogP contribution in [-0.2, 0) is 26.2 Å². The molecule has 4 rings (SSSR count). The molecule has 1 aromatic rings. The maximum Gasteiger partial charge on any atom is 0.446 e. The smallest absolute Gasteiger partial charge is 0.446 e. The Morgan fingerprint density at radius 2 is 2.03 bits per heavy atom. The number of halogens is 3. The van der Waals surface area contributed by atoms with Gasteiger partial charge in [0, 0.05) is 17.9 Å². The van der Waals surface area contributed by atoms with Crippen LogP contribution in [0.1, 0.15) is 63.5 Å². The number of esters is 1. The Morgan fingerprint density at radius 3 is 2.72 bits per heavy atom. The summed E-state index contributed by atoms with van der Waals surface area (Å²) in [4.78, 5) is 20.4. The highest BCUT2D eigenvalue weighted by atomic mass is 19.4. The van der Waals surface area contributed by atoms with Gasteiger partial charge in [-0.2, -0.15) is 13.2 Å². The van der Waals surface area contributed by atoms with Gasteiger partial charge in [-0.05, 0) is 67.3 Å². The number of carbonyl (C=O) groups excluding carboxylic acids is 2. The standard InChI is InChI=1S/C22H31NO3.C2HF3O/c1-15(2)11-21(24)26-14-25-17-7-6-16-12-20-18-5-3-4-8-22(18,9-10-23-20)19(16)13-17;3-2(4,5)1-6/h6-7,13,15,18,20,23H,3-5,8-12,14H2,1-2H3;1H/t18-,20+,22+;/m1./s1. The first-order chi connectivity index (χ1) is 15.1. The summed E-state index contributed by atoms with van der Waals surface area (Å²) in [5.41, 5.74) is 3.31. The molecule has 0 amide bonds. The van der Waals surface area contributed by atoms with Crippen LogP contribution in [0.15, 0.2) is 18.2 Å². The highest BCUT2D eigenvalue weighted by Gasteiger charge is 2.51. The first-order valence-corrected chi connectivity index (χ1v) is 11.3. The van der Waals surface area contributed by atoms with Crippen LogP contribution in [0, 0.1) is 11.8 Å². The maximum atomic E-state index is 11.7. The summed E-state index contributed by atoms with van der Waals surface area (Å²) in [6.07, 6.45) is 2.44. The van der Waals surface area contributed by atoms with Crippen molar-refractivity contribution in [3.8, 4) is 5.75 Å². The van der Waals surface area contributed by atoms with Crippen molar-refractivity contribution in [2.24, 2.45) is 11.8 Å². The van der Waals surface area contributed by atoms with Gasteiger partial charge >= 0.3 is 12.1 Å². The molecule has 1 aromatic carbocycles. The minimum absolute atomic E-state index is 0.00491. The summed E-state index contributed by atoms with van der Waals surface area (Å²) >= 11 is 0. The molecule has 8 heteroatoms. The third-order valence-corrected chi connectivity index (χ3v) is 6.77. The molecule has 0 unspecified atom stereocenters. The van der Waals surface area contributed by atoms with Gasteiger partial charge in [-0.1, -0.05) is 32.8 Å². The molecule has 1 saturated heterocycles. The van der Waals surface area contributed by atoms with Crippen LogP contribution < -0.4 is 10.1 Å². The fourth-order valence-corrected chi connectivity index (χ4v) is 5.55. The van der Waals surface area contributed by atoms with Crippen molar-refractivity contribution in [1.82, 2.24) is 5.32 Å². The molecular weight excluding hydrogens is 423 g/mol. The minimum atomic E-state index is -4.64. The van der Waals surface area contributed by atoms with Crippen LogP contribution in [0.2, 0.25) is 0 Å². The molecule has 1 saturated carbocycles. The van der Waals surface area contributed by atoms with E-state index < -0.39 is 12.5 Å². The molecule has 0 radical (unpaired) electrons. The maximum absolute atomic E-state index is 11.7. The molecule has 1 heterocycles. The number of nitrogens with one attached hydrogen (secondary N) is 1. The summed E-state index contributed by atoms with van der Waals surface area (Å²) in [5, 5.41) is 3.77. The fraction of sp³-hybridized carbons (Fsp3) is 0.667. The topological polar surface area (TPSA) is 64.6 Å². The molecule has 178 valence electrons. The van der Waals surface area contributed by atoms with E-state index in [0.29, 0.717) is 23.8 Å². The quantitative estimate of drug-likeness (QED) is 0.396. The molecule has 2 aliphatic carbocycles. The first-order valence-electron chi connectivity index (χ1n) is 11.3. The Hall–Kier alpha value is -2.09. The summed E-state index contributed by atoms with van der Waals surface area (Å²) in [5.74, 6) is 1.71. The molecule has 2 bridgehead atoms. The van der Waals surface area contributed by atoms with Crippen LogP contribution >= 0.6 is 0 Å². The van der Waals surface area contributed by atoms with Gasteiger partial charge < -0.3 is 14.8 Å². The van der Waals surface area contributed by atoms with E-state index in [2.05, 4.69) is 17.4 Å². The summed E-state index contributed by atoms with van der Waals surface area (Å²) in [6.45, 7) is 5.15. The molecule has 3 aliphatic rings. The van der Waals surface area contributed by atoms with Gasteiger partial charge in [0.05, 0.1) is 0 Å². The minimum Gasteiger partial charge on any atom is -0.457 e. The lowest BCUT2D eigenvalue weighted by atomic mass is 9.53. The lowest BCUT2D eigenvalue weighted by Crippen LogP contribution is -2.59. The van der Waals surface area contributed by atoms with Crippen molar-refractivity contribution in [2.75, 3.05) is 13.3 Å². The second kappa shape index (κ2) is 10.2. The number of piperidine rings is 1. The lowest BCUT2D eigenvalue weighted by Gasteiger charge is -2.56. The predicted octanol–water partition coefficient (Wildman–Crippen LogP) is 4.71. The number of hydrogen-bond acceptors (Lipinski definition) is 5. The van der Waals surface area contributed by atoms with Gasteiger partial charge in [0.25, 0.3) is 0 Å². The number of benzene rings is 1. The van der Waals surface area contributed by atoms with Crippen LogP contribution in [-0.4, -0.2) is 37.8 Å².